The number of halogens is 2. The molecule has 2 saturated heterocycles. The molecule has 2 aromatic heterocycles. The summed E-state index contributed by atoms with van der Waals surface area (Å²) in [5.41, 5.74) is 2.55. The van der Waals surface area contributed by atoms with Crippen LogP contribution in [-0.4, -0.2) is 80.5 Å². The third kappa shape index (κ3) is 10.5. The number of methoxy groups -OCH3 is 1. The Balaban J connectivity index is 1.14. The number of anilines is 1. The van der Waals surface area contributed by atoms with Gasteiger partial charge in [-0.15, -0.1) is 11.3 Å². The van der Waals surface area contributed by atoms with Gasteiger partial charge in [0, 0.05) is 47.2 Å². The number of pyridine rings is 1. The lowest BCUT2D eigenvalue weighted by Crippen LogP contribution is -2.45. The molecule has 4 aromatic rings. The highest BCUT2D eigenvalue weighted by Crippen LogP contribution is 2.75. The number of benzene rings is 2. The van der Waals surface area contributed by atoms with E-state index in [1.54, 1.807) is 31.1 Å². The molecule has 6 atom stereocenters. The Morgan fingerprint density at radius 3 is 2.49 bits per heavy atom. The predicted molar refractivity (Wildman–Crippen MR) is 254 cm³/mol. The van der Waals surface area contributed by atoms with E-state index in [0.29, 0.717) is 63.1 Å². The number of nitrogens with zero attached hydrogens (tertiary/aromatic N) is 3. The summed E-state index contributed by atoms with van der Waals surface area (Å²) in [6.45, 7) is 5.86. The van der Waals surface area contributed by atoms with Crippen molar-refractivity contribution in [2.75, 3.05) is 19.0 Å². The third-order valence-corrected chi connectivity index (χ3v) is 18.4. The molecule has 0 radical (unpaired) electrons. The van der Waals surface area contributed by atoms with Gasteiger partial charge in [-0.05, 0) is 111 Å². The average Bonchev–Trinajstić information content (AvgIpc) is 3.68. The van der Waals surface area contributed by atoms with Gasteiger partial charge in [-0.3, -0.25) is 18.9 Å². The minimum atomic E-state index is -4.19. The summed E-state index contributed by atoms with van der Waals surface area (Å²) < 4.78 is 49.1. The van der Waals surface area contributed by atoms with Crippen LogP contribution < -0.4 is 14.8 Å². The lowest BCUT2D eigenvalue weighted by molar-refractivity contribution is -0.154. The number of aromatic nitrogens is 2. The number of carbonyl (C=O) groups excluding carboxylic acids is 3. The smallest absolute Gasteiger partial charge is 0.306 e. The topological polar surface area (TPSA) is 157 Å². The number of rotatable bonds is 12. The Morgan fingerprint density at radius 1 is 1.02 bits per heavy atom. The Labute approximate surface area is 393 Å². The van der Waals surface area contributed by atoms with Crippen LogP contribution in [0.15, 0.2) is 46.3 Å². The molecule has 12 nitrogen and oxygen atoms in total. The number of hydrogen-bond donors (Lipinski definition) is 2. The normalized spacial score (nSPS) is 25.4. The van der Waals surface area contributed by atoms with E-state index >= 15 is 14.0 Å². The van der Waals surface area contributed by atoms with Gasteiger partial charge in [0.15, 0.2) is 10.9 Å². The van der Waals surface area contributed by atoms with Gasteiger partial charge < -0.3 is 29.3 Å². The minimum Gasteiger partial charge on any atom is -0.495 e. The van der Waals surface area contributed by atoms with Crippen LogP contribution in [-0.2, 0) is 29.8 Å². The summed E-state index contributed by atoms with van der Waals surface area (Å²) in [6.07, 6.45) is 8.05. The molecule has 4 heterocycles. The van der Waals surface area contributed by atoms with Gasteiger partial charge in [-0.1, -0.05) is 44.2 Å². The molecule has 2 aliphatic carbocycles. The monoisotopic (exact) mass is 994 g/mol. The molecule has 8 rings (SSSR count). The van der Waals surface area contributed by atoms with E-state index in [9.17, 15) is 14.3 Å². The minimum absolute atomic E-state index is 0.0562. The van der Waals surface area contributed by atoms with E-state index < -0.39 is 42.4 Å². The van der Waals surface area contributed by atoms with Crippen LogP contribution in [0.3, 0.4) is 0 Å². The number of fused-ring (bicyclic) bond motifs is 3. The van der Waals surface area contributed by atoms with E-state index in [4.69, 9.17) is 24.2 Å². The first-order valence-electron chi connectivity index (χ1n) is 23.3. The second-order valence-corrected chi connectivity index (χ2v) is 23.2. The molecule has 4 aliphatic rings. The zero-order valence-corrected chi connectivity index (χ0v) is 41.1. The molecule has 2 aromatic carbocycles. The van der Waals surface area contributed by atoms with E-state index in [2.05, 4.69) is 21.2 Å². The summed E-state index contributed by atoms with van der Waals surface area (Å²) in [5, 5.41) is 5.45. The molecule has 16 heteroatoms. The molecule has 1 unspecified atom stereocenters. The van der Waals surface area contributed by atoms with Crippen molar-refractivity contribution in [2.24, 2.45) is 11.8 Å². The fourth-order valence-electron chi connectivity index (χ4n) is 10.4. The number of nitrogens with one attached hydrogen (secondary N) is 1. The van der Waals surface area contributed by atoms with E-state index in [1.165, 1.54) is 17.4 Å². The highest BCUT2D eigenvalue weighted by atomic mass is 79.9. The number of aryl methyl sites for hydroxylation is 1. The maximum atomic E-state index is 15.2. The van der Waals surface area contributed by atoms with Crippen molar-refractivity contribution in [3.05, 3.63) is 63.2 Å². The van der Waals surface area contributed by atoms with Crippen molar-refractivity contribution in [3.63, 3.8) is 0 Å². The van der Waals surface area contributed by atoms with Crippen LogP contribution in [0, 0.1) is 24.6 Å². The SMILES string of the molecule is COc1ccc2c(O[C@@H]3C[C@H]4C(=O)C[C@]5(P(=O)(O)Cc6c(C)cccc6F)C[C@H]5CCCCCCC[C@H](CC(=O)OC5CCCC5)C(=O)N4C3)cc(-c3csc(NC(C)C)n3)nc2c1Br. The maximum Gasteiger partial charge on any atom is 0.306 e. The number of carbonyl (C=O) groups is 3. The molecule has 2 N–H and O–H groups in total. The Hall–Kier alpha value is -3.91. The Kier molecular flexibility index (Phi) is 14.7. The van der Waals surface area contributed by atoms with Crippen molar-refractivity contribution in [1.29, 1.82) is 0 Å². The van der Waals surface area contributed by atoms with E-state index in [0.717, 1.165) is 62.9 Å². The maximum absolute atomic E-state index is 15.2. The summed E-state index contributed by atoms with van der Waals surface area (Å²) >= 11 is 5.17. The number of Topliss-reactive ketones (excluding diaryl/α,β-unsaturated/α-hetero) is 1. The van der Waals surface area contributed by atoms with Crippen LogP contribution in [0.5, 0.6) is 11.5 Å². The molecular formula is C49H61BrFN4O8PS. The van der Waals surface area contributed by atoms with Crippen molar-refractivity contribution in [3.8, 4) is 22.9 Å². The largest absolute Gasteiger partial charge is 0.495 e. The van der Waals surface area contributed by atoms with Gasteiger partial charge in [0.1, 0.15) is 35.2 Å². The molecule has 2 saturated carbocycles. The molecule has 65 heavy (non-hydrogen) atoms. The number of amides is 1. The van der Waals surface area contributed by atoms with Crippen LogP contribution >= 0.6 is 34.6 Å². The zero-order chi connectivity index (χ0) is 46.0. The zero-order valence-electron chi connectivity index (χ0n) is 37.8. The van der Waals surface area contributed by atoms with Crippen molar-refractivity contribution in [1.82, 2.24) is 14.9 Å². The van der Waals surface area contributed by atoms with Crippen molar-refractivity contribution in [2.45, 2.75) is 153 Å². The van der Waals surface area contributed by atoms with Gasteiger partial charge in [-0.25, -0.2) is 14.4 Å². The molecule has 0 bridgehead atoms. The Bertz CT molecular complexity index is 2440. The standard InChI is InChI=1S/C49H61BrFN4O8PS/c1-29(2)52-48-54-39(28-65-48)38-23-43(35-19-20-42(61-4)45(50)46(35)53-38)62-34-22-40-41(56)25-49(64(59,60)27-36-30(3)13-12-18-37(36)51)24-32(49)15-9-7-5-6-8-14-31(47(58)55(40)26-34)21-44(57)63-33-16-10-11-17-33/h12-13,18-20,23,28-29,31-34,40H,5-11,14-17,21-22,24-27H2,1-4H3,(H,52,54)(H,59,60)/t31-,32-,34-,40+,49-/m1/s1. The molecular weight excluding hydrogens is 935 g/mol. The number of ether oxygens (including phenoxy) is 3. The highest BCUT2D eigenvalue weighted by Gasteiger charge is 2.66. The average molecular weight is 996 g/mol. The second-order valence-electron chi connectivity index (χ2n) is 19.0. The molecule has 0 spiro atoms. The molecule has 1 amide bonds. The Morgan fingerprint density at radius 2 is 1.75 bits per heavy atom. The van der Waals surface area contributed by atoms with Gasteiger partial charge in [0.25, 0.3) is 0 Å². The summed E-state index contributed by atoms with van der Waals surface area (Å²) in [6, 6.07) is 9.31. The number of ketones is 1. The van der Waals surface area contributed by atoms with Gasteiger partial charge in [-0.2, -0.15) is 0 Å². The fourth-order valence-corrected chi connectivity index (χ4v) is 14.6. The van der Waals surface area contributed by atoms with Crippen LogP contribution in [0.4, 0.5) is 9.52 Å². The van der Waals surface area contributed by atoms with Crippen LogP contribution in [0.2, 0.25) is 0 Å². The number of hydrogen-bond acceptors (Lipinski definition) is 11. The van der Waals surface area contributed by atoms with E-state index in [1.807, 2.05) is 37.4 Å². The summed E-state index contributed by atoms with van der Waals surface area (Å²) in [4.78, 5) is 67.1. The lowest BCUT2D eigenvalue weighted by Gasteiger charge is -2.30. The first-order valence-corrected chi connectivity index (χ1v) is 26.8. The summed E-state index contributed by atoms with van der Waals surface area (Å²) in [5.74, 6) is -1.43. The lowest BCUT2D eigenvalue weighted by atomic mass is 9.94. The fraction of sp³-hybridized carbons (Fsp3) is 0.571. The second kappa shape index (κ2) is 20.1. The van der Waals surface area contributed by atoms with Crippen molar-refractivity contribution < 1.29 is 42.4 Å². The van der Waals surface area contributed by atoms with Crippen LogP contribution in [0.1, 0.15) is 121 Å². The third-order valence-electron chi connectivity index (χ3n) is 14.0. The predicted octanol–water partition coefficient (Wildman–Crippen LogP) is 11.2. The van der Waals surface area contributed by atoms with Gasteiger partial charge in [0.05, 0.1) is 53.1 Å². The first kappa shape index (κ1) is 47.6. The van der Waals surface area contributed by atoms with Gasteiger partial charge in [0.2, 0.25) is 13.3 Å². The first-order chi connectivity index (χ1) is 31.2. The summed E-state index contributed by atoms with van der Waals surface area (Å²) in [7, 11) is -2.61. The molecule has 350 valence electrons. The molecule has 4 fully saturated rings. The number of esters is 1. The van der Waals surface area contributed by atoms with Crippen LogP contribution in [0.25, 0.3) is 22.3 Å². The number of thiazole rings is 1. The highest BCUT2D eigenvalue weighted by molar-refractivity contribution is 9.10. The quantitative estimate of drug-likeness (QED) is 0.103. The van der Waals surface area contributed by atoms with Gasteiger partial charge >= 0.3 is 5.97 Å². The van der Waals surface area contributed by atoms with E-state index in [-0.39, 0.29) is 67.3 Å². The van der Waals surface area contributed by atoms with Crippen molar-refractivity contribution >= 4 is 68.3 Å². The molecule has 2 aliphatic heterocycles.